The topological polar surface area (TPSA) is 83.0 Å². The number of anilines is 1. The predicted molar refractivity (Wildman–Crippen MR) is 77.0 cm³/mol. The molecule has 0 bridgehead atoms. The molecule has 0 aliphatic rings. The third kappa shape index (κ3) is 2.79. The van der Waals surface area contributed by atoms with Gasteiger partial charge in [-0.3, -0.25) is 4.79 Å². The minimum Gasteiger partial charge on any atom is -0.451 e. The summed E-state index contributed by atoms with van der Waals surface area (Å²) in [5, 5.41) is 0. The molecule has 0 aliphatic heterocycles. The van der Waals surface area contributed by atoms with Crippen LogP contribution < -0.4 is 16.0 Å². The molecule has 2 heterocycles. The third-order valence-electron chi connectivity index (χ3n) is 2.96. The van der Waals surface area contributed by atoms with Crippen molar-refractivity contribution in [1.82, 2.24) is 14.5 Å². The lowest BCUT2D eigenvalue weighted by atomic mass is 10.0. The van der Waals surface area contributed by atoms with Gasteiger partial charge in [-0.2, -0.15) is 0 Å². The van der Waals surface area contributed by atoms with Gasteiger partial charge in [0.25, 0.3) is 5.56 Å². The Balaban J connectivity index is 2.47. The Kier molecular flexibility index (Phi) is 3.74. The molecule has 0 aromatic carbocycles. The first-order valence-corrected chi connectivity index (χ1v) is 6.36. The van der Waals surface area contributed by atoms with Crippen molar-refractivity contribution in [1.29, 1.82) is 0 Å². The molecule has 0 amide bonds. The van der Waals surface area contributed by atoms with Gasteiger partial charge < -0.3 is 15.0 Å². The molecule has 0 atom stereocenters. The van der Waals surface area contributed by atoms with Crippen LogP contribution in [0.25, 0.3) is 0 Å². The van der Waals surface area contributed by atoms with Gasteiger partial charge in [-0.1, -0.05) is 13.8 Å². The molecule has 2 rings (SSSR count). The number of hydrogen-bond donors (Lipinski definition) is 1. The number of rotatable bonds is 3. The monoisotopic (exact) mass is 274 g/mol. The Morgan fingerprint density at radius 1 is 1.35 bits per heavy atom. The molecule has 0 spiro atoms. The number of nitrogens with two attached hydrogens (primary N) is 1. The Morgan fingerprint density at radius 2 is 2.05 bits per heavy atom. The van der Waals surface area contributed by atoms with Crippen LogP contribution >= 0.6 is 0 Å². The van der Waals surface area contributed by atoms with Crippen LogP contribution in [0.15, 0.2) is 23.3 Å². The summed E-state index contributed by atoms with van der Waals surface area (Å²) in [4.78, 5) is 19.9. The van der Waals surface area contributed by atoms with E-state index >= 15 is 0 Å². The molecule has 0 unspecified atom stereocenters. The average Bonchev–Trinajstić information content (AvgIpc) is 2.36. The van der Waals surface area contributed by atoms with Crippen molar-refractivity contribution < 1.29 is 4.74 Å². The van der Waals surface area contributed by atoms with Gasteiger partial charge in [0.1, 0.15) is 11.6 Å². The van der Waals surface area contributed by atoms with Crippen LogP contribution in [0.5, 0.6) is 11.5 Å². The summed E-state index contributed by atoms with van der Waals surface area (Å²) in [5.41, 5.74) is 6.58. The van der Waals surface area contributed by atoms with E-state index in [1.807, 2.05) is 13.8 Å². The van der Waals surface area contributed by atoms with Crippen molar-refractivity contribution in [2.24, 2.45) is 7.05 Å². The van der Waals surface area contributed by atoms with Crippen LogP contribution in [0, 0.1) is 6.92 Å². The van der Waals surface area contributed by atoms with Gasteiger partial charge in [-0.05, 0) is 12.8 Å². The van der Waals surface area contributed by atoms with Crippen molar-refractivity contribution in [3.05, 3.63) is 40.2 Å². The van der Waals surface area contributed by atoms with Gasteiger partial charge in [-0.25, -0.2) is 9.97 Å². The van der Waals surface area contributed by atoms with Crippen LogP contribution in [0.3, 0.4) is 0 Å². The molecule has 106 valence electrons. The SMILES string of the molecule is Cc1ncc(Oc2cc(=O)n(C)cc2C(C)C)c(N)n1. The smallest absolute Gasteiger partial charge is 0.254 e. The molecule has 0 saturated carbocycles. The highest BCUT2D eigenvalue weighted by atomic mass is 16.5. The number of nitrogens with zero attached hydrogens (tertiary/aromatic N) is 3. The summed E-state index contributed by atoms with van der Waals surface area (Å²) in [5.74, 6) is 1.88. The number of hydrogen-bond acceptors (Lipinski definition) is 5. The number of ether oxygens (including phenoxy) is 1. The summed E-state index contributed by atoms with van der Waals surface area (Å²) in [6.45, 7) is 5.81. The minimum absolute atomic E-state index is 0.143. The van der Waals surface area contributed by atoms with E-state index in [1.54, 1.807) is 20.2 Å². The van der Waals surface area contributed by atoms with E-state index in [9.17, 15) is 4.79 Å². The van der Waals surface area contributed by atoms with Gasteiger partial charge >= 0.3 is 0 Å². The van der Waals surface area contributed by atoms with Crippen molar-refractivity contribution in [3.8, 4) is 11.5 Å². The molecule has 0 saturated heterocycles. The molecule has 0 fully saturated rings. The number of nitrogen functional groups attached to an aromatic ring is 1. The first-order valence-electron chi connectivity index (χ1n) is 6.36. The number of pyridine rings is 1. The molecule has 2 N–H and O–H groups in total. The lowest BCUT2D eigenvalue weighted by molar-refractivity contribution is 0.466. The molecule has 6 nitrogen and oxygen atoms in total. The van der Waals surface area contributed by atoms with E-state index in [0.717, 1.165) is 5.56 Å². The van der Waals surface area contributed by atoms with E-state index in [-0.39, 0.29) is 17.3 Å². The van der Waals surface area contributed by atoms with E-state index in [2.05, 4.69) is 9.97 Å². The fourth-order valence-electron chi connectivity index (χ4n) is 1.83. The minimum atomic E-state index is -0.143. The highest BCUT2D eigenvalue weighted by Crippen LogP contribution is 2.30. The quantitative estimate of drug-likeness (QED) is 0.925. The Labute approximate surface area is 117 Å². The highest BCUT2D eigenvalue weighted by Gasteiger charge is 2.13. The second-order valence-electron chi connectivity index (χ2n) is 4.97. The van der Waals surface area contributed by atoms with Gasteiger partial charge in [0, 0.05) is 24.9 Å². The van der Waals surface area contributed by atoms with Crippen molar-refractivity contribution >= 4 is 5.82 Å². The third-order valence-corrected chi connectivity index (χ3v) is 2.96. The standard InChI is InChI=1S/C14H18N4O2/c1-8(2)10-7-18(4)13(19)5-11(10)20-12-6-16-9(3)17-14(12)15/h5-8H,1-4H3,(H2,15,16,17). The summed E-state index contributed by atoms with van der Waals surface area (Å²) in [6.07, 6.45) is 3.28. The lowest BCUT2D eigenvalue weighted by Gasteiger charge is -2.15. The molecule has 0 radical (unpaired) electrons. The molecule has 2 aromatic rings. The van der Waals surface area contributed by atoms with Gasteiger partial charge in [0.15, 0.2) is 11.6 Å². The van der Waals surface area contributed by atoms with Crippen LogP contribution in [-0.2, 0) is 7.05 Å². The number of aromatic nitrogens is 3. The first kappa shape index (κ1) is 14.0. The normalized spacial score (nSPS) is 10.8. The maximum absolute atomic E-state index is 11.8. The summed E-state index contributed by atoms with van der Waals surface area (Å²) in [7, 11) is 1.71. The van der Waals surface area contributed by atoms with E-state index in [0.29, 0.717) is 17.3 Å². The van der Waals surface area contributed by atoms with Crippen molar-refractivity contribution in [2.45, 2.75) is 26.7 Å². The summed E-state index contributed by atoms with van der Waals surface area (Å²) in [6, 6.07) is 1.45. The second-order valence-corrected chi connectivity index (χ2v) is 4.97. The van der Waals surface area contributed by atoms with Gasteiger partial charge in [0.05, 0.1) is 6.20 Å². The zero-order valence-electron chi connectivity index (χ0n) is 12.0. The van der Waals surface area contributed by atoms with Crippen molar-refractivity contribution in [2.75, 3.05) is 5.73 Å². The molecule has 2 aromatic heterocycles. The van der Waals surface area contributed by atoms with E-state index in [4.69, 9.17) is 10.5 Å². The number of aryl methyl sites for hydroxylation is 2. The second kappa shape index (κ2) is 5.32. The van der Waals surface area contributed by atoms with Gasteiger partial charge in [0.2, 0.25) is 0 Å². The molecule has 6 heteroatoms. The van der Waals surface area contributed by atoms with Crippen LogP contribution in [0.4, 0.5) is 5.82 Å². The fourth-order valence-corrected chi connectivity index (χ4v) is 1.83. The van der Waals surface area contributed by atoms with Crippen molar-refractivity contribution in [3.63, 3.8) is 0 Å². The zero-order valence-corrected chi connectivity index (χ0v) is 12.0. The molecular formula is C14H18N4O2. The van der Waals surface area contributed by atoms with E-state index in [1.165, 1.54) is 16.8 Å². The molecular weight excluding hydrogens is 256 g/mol. The Hall–Kier alpha value is -2.37. The van der Waals surface area contributed by atoms with Crippen LogP contribution in [-0.4, -0.2) is 14.5 Å². The largest absolute Gasteiger partial charge is 0.451 e. The summed E-state index contributed by atoms with van der Waals surface area (Å²) < 4.78 is 7.25. The fraction of sp³-hybridized carbons (Fsp3) is 0.357. The predicted octanol–water partition coefficient (Wildman–Crippen LogP) is 1.98. The average molecular weight is 274 g/mol. The maximum Gasteiger partial charge on any atom is 0.254 e. The Bertz CT molecular complexity index is 692. The maximum atomic E-state index is 11.8. The van der Waals surface area contributed by atoms with Gasteiger partial charge in [-0.15, -0.1) is 0 Å². The highest BCUT2D eigenvalue weighted by molar-refractivity contribution is 5.47. The van der Waals surface area contributed by atoms with E-state index < -0.39 is 0 Å². The lowest BCUT2D eigenvalue weighted by Crippen LogP contribution is -2.17. The summed E-state index contributed by atoms with van der Waals surface area (Å²) >= 11 is 0. The Morgan fingerprint density at radius 3 is 2.65 bits per heavy atom. The first-order chi connectivity index (χ1) is 9.38. The van der Waals surface area contributed by atoms with Crippen LogP contribution in [0.1, 0.15) is 31.2 Å². The molecule has 0 aliphatic carbocycles. The van der Waals surface area contributed by atoms with Crippen LogP contribution in [0.2, 0.25) is 0 Å². The zero-order chi connectivity index (χ0) is 14.9. The molecule has 20 heavy (non-hydrogen) atoms.